The second-order valence-corrected chi connectivity index (χ2v) is 6.17. The molecule has 1 aliphatic carbocycles. The molecule has 0 aromatic heterocycles. The van der Waals surface area contributed by atoms with Crippen molar-refractivity contribution in [3.8, 4) is 0 Å². The maximum absolute atomic E-state index is 12.8. The Morgan fingerprint density at radius 2 is 1.00 bits per heavy atom. The van der Waals surface area contributed by atoms with Crippen LogP contribution in [-0.2, 0) is 9.59 Å². The van der Waals surface area contributed by atoms with Crippen LogP contribution in [0.25, 0.3) is 0 Å². The molecule has 0 aromatic carbocycles. The average molecular weight is 296 g/mol. The summed E-state index contributed by atoms with van der Waals surface area (Å²) >= 11 is 0. The zero-order chi connectivity index (χ0) is 15.9. The monoisotopic (exact) mass is 296 g/mol. The first kappa shape index (κ1) is 18.0. The molecule has 0 spiro atoms. The lowest BCUT2D eigenvalue weighted by molar-refractivity contribution is -0.149. The van der Waals surface area contributed by atoms with Crippen molar-refractivity contribution in [1.29, 1.82) is 0 Å². The van der Waals surface area contributed by atoms with Gasteiger partial charge in [0.05, 0.1) is 0 Å². The Labute approximate surface area is 129 Å². The molecule has 21 heavy (non-hydrogen) atoms. The summed E-state index contributed by atoms with van der Waals surface area (Å²) in [6, 6.07) is 0. The zero-order valence-electron chi connectivity index (χ0n) is 14.3. The van der Waals surface area contributed by atoms with Crippen molar-refractivity contribution in [2.24, 2.45) is 5.41 Å². The van der Waals surface area contributed by atoms with Crippen LogP contribution in [0.5, 0.6) is 0 Å². The summed E-state index contributed by atoms with van der Waals surface area (Å²) in [6.45, 7) is 11.4. The first-order valence-electron chi connectivity index (χ1n) is 8.66. The molecule has 1 saturated carbocycles. The average Bonchev–Trinajstić information content (AvgIpc) is 3.27. The minimum absolute atomic E-state index is 0.0772. The third-order valence-corrected chi connectivity index (χ3v) is 4.12. The van der Waals surface area contributed by atoms with E-state index in [1.807, 2.05) is 9.80 Å². The van der Waals surface area contributed by atoms with Crippen molar-refractivity contribution in [1.82, 2.24) is 9.80 Å². The number of hydrogen-bond donors (Lipinski definition) is 0. The van der Waals surface area contributed by atoms with Gasteiger partial charge in [-0.15, -0.1) is 0 Å². The molecule has 4 nitrogen and oxygen atoms in total. The highest BCUT2D eigenvalue weighted by Crippen LogP contribution is 2.49. The molecular weight excluding hydrogens is 264 g/mol. The molecule has 0 N–H and O–H groups in total. The molecule has 122 valence electrons. The van der Waals surface area contributed by atoms with Crippen molar-refractivity contribution in [2.45, 2.75) is 66.2 Å². The maximum atomic E-state index is 12.8. The molecule has 1 rings (SSSR count). The number of carbonyl (C=O) groups is 2. The molecule has 0 heterocycles. The van der Waals surface area contributed by atoms with Gasteiger partial charge in [-0.05, 0) is 38.5 Å². The standard InChI is InChI=1S/C17H32N2O2/c1-5-11-18(12-6-2)15(20)17(9-10-17)16(21)19(13-7-3)14-8-4/h5-14H2,1-4H3. The molecule has 0 bridgehead atoms. The number of rotatable bonds is 10. The van der Waals surface area contributed by atoms with E-state index >= 15 is 0 Å². The van der Waals surface area contributed by atoms with Crippen LogP contribution < -0.4 is 0 Å². The smallest absolute Gasteiger partial charge is 0.238 e. The van der Waals surface area contributed by atoms with Crippen LogP contribution in [0.3, 0.4) is 0 Å². The van der Waals surface area contributed by atoms with Crippen molar-refractivity contribution in [3.63, 3.8) is 0 Å². The van der Waals surface area contributed by atoms with Gasteiger partial charge in [-0.1, -0.05) is 27.7 Å². The predicted octanol–water partition coefficient (Wildman–Crippen LogP) is 3.06. The van der Waals surface area contributed by atoms with Gasteiger partial charge in [0.1, 0.15) is 5.41 Å². The number of hydrogen-bond acceptors (Lipinski definition) is 2. The largest absolute Gasteiger partial charge is 0.342 e. The summed E-state index contributed by atoms with van der Waals surface area (Å²) in [6.07, 6.45) is 5.26. The normalized spacial score (nSPS) is 15.6. The van der Waals surface area contributed by atoms with Gasteiger partial charge in [0.2, 0.25) is 11.8 Å². The van der Waals surface area contributed by atoms with Crippen molar-refractivity contribution < 1.29 is 9.59 Å². The second-order valence-electron chi connectivity index (χ2n) is 6.17. The first-order valence-corrected chi connectivity index (χ1v) is 8.66. The van der Waals surface area contributed by atoms with Gasteiger partial charge in [-0.2, -0.15) is 0 Å². The summed E-state index contributed by atoms with van der Waals surface area (Å²) in [5.41, 5.74) is -0.714. The number of amides is 2. The Balaban J connectivity index is 2.82. The molecule has 0 aliphatic heterocycles. The van der Waals surface area contributed by atoms with E-state index in [0.717, 1.165) is 64.7 Å². The fourth-order valence-corrected chi connectivity index (χ4v) is 2.96. The Hall–Kier alpha value is -1.06. The lowest BCUT2D eigenvalue weighted by atomic mass is 10.0. The highest BCUT2D eigenvalue weighted by molar-refractivity contribution is 6.07. The summed E-state index contributed by atoms with van der Waals surface area (Å²) in [5.74, 6) is 0.154. The van der Waals surface area contributed by atoms with E-state index in [9.17, 15) is 9.59 Å². The summed E-state index contributed by atoms with van der Waals surface area (Å²) in [5, 5.41) is 0. The molecule has 2 amide bonds. The SMILES string of the molecule is CCCN(CCC)C(=O)C1(C(=O)N(CCC)CCC)CC1. The first-order chi connectivity index (χ1) is 10.1. The minimum Gasteiger partial charge on any atom is -0.342 e. The van der Waals surface area contributed by atoms with E-state index in [4.69, 9.17) is 0 Å². The van der Waals surface area contributed by atoms with Gasteiger partial charge in [-0.3, -0.25) is 9.59 Å². The van der Waals surface area contributed by atoms with Crippen LogP contribution >= 0.6 is 0 Å². The molecule has 0 unspecified atom stereocenters. The van der Waals surface area contributed by atoms with Gasteiger partial charge >= 0.3 is 0 Å². The molecule has 1 aliphatic rings. The quantitative estimate of drug-likeness (QED) is 0.581. The predicted molar refractivity (Wildman–Crippen MR) is 86.0 cm³/mol. The van der Waals surface area contributed by atoms with Crippen molar-refractivity contribution in [2.75, 3.05) is 26.2 Å². The summed E-state index contributed by atoms with van der Waals surface area (Å²) < 4.78 is 0. The van der Waals surface area contributed by atoms with E-state index in [-0.39, 0.29) is 11.8 Å². The van der Waals surface area contributed by atoms with Gasteiger partial charge in [0, 0.05) is 26.2 Å². The molecule has 0 atom stereocenters. The van der Waals surface area contributed by atoms with Crippen LogP contribution in [0.4, 0.5) is 0 Å². The van der Waals surface area contributed by atoms with Gasteiger partial charge in [0.25, 0.3) is 0 Å². The van der Waals surface area contributed by atoms with Crippen molar-refractivity contribution in [3.05, 3.63) is 0 Å². The Kier molecular flexibility index (Phi) is 7.20. The van der Waals surface area contributed by atoms with Gasteiger partial charge < -0.3 is 9.80 Å². The van der Waals surface area contributed by atoms with E-state index in [0.29, 0.717) is 0 Å². The molecule has 0 radical (unpaired) electrons. The molecule has 4 heteroatoms. The topological polar surface area (TPSA) is 40.6 Å². The molecular formula is C17H32N2O2. The van der Waals surface area contributed by atoms with E-state index in [1.165, 1.54) is 0 Å². The lowest BCUT2D eigenvalue weighted by Gasteiger charge is -2.30. The third-order valence-electron chi connectivity index (χ3n) is 4.12. The van der Waals surface area contributed by atoms with Gasteiger partial charge in [-0.25, -0.2) is 0 Å². The lowest BCUT2D eigenvalue weighted by Crippen LogP contribution is -2.47. The Morgan fingerprint density at radius 1 is 0.714 bits per heavy atom. The van der Waals surface area contributed by atoms with E-state index in [1.54, 1.807) is 0 Å². The molecule has 1 fully saturated rings. The molecule has 0 saturated heterocycles. The third kappa shape index (κ3) is 4.21. The van der Waals surface area contributed by atoms with Crippen molar-refractivity contribution >= 4 is 11.8 Å². The second kappa shape index (κ2) is 8.40. The summed E-state index contributed by atoms with van der Waals surface area (Å²) in [7, 11) is 0. The fourth-order valence-electron chi connectivity index (χ4n) is 2.96. The Morgan fingerprint density at radius 3 is 1.19 bits per heavy atom. The zero-order valence-corrected chi connectivity index (χ0v) is 14.3. The summed E-state index contributed by atoms with van der Waals surface area (Å²) in [4.78, 5) is 29.5. The highest BCUT2D eigenvalue weighted by atomic mass is 16.2. The van der Waals surface area contributed by atoms with E-state index < -0.39 is 5.41 Å². The van der Waals surface area contributed by atoms with Crippen LogP contribution in [-0.4, -0.2) is 47.8 Å². The number of carbonyl (C=O) groups excluding carboxylic acids is 2. The van der Waals surface area contributed by atoms with Gasteiger partial charge in [0.15, 0.2) is 0 Å². The molecule has 0 aromatic rings. The fraction of sp³-hybridized carbons (Fsp3) is 0.882. The Bertz CT molecular complexity index is 309. The minimum atomic E-state index is -0.714. The van der Waals surface area contributed by atoms with Crippen LogP contribution in [0.15, 0.2) is 0 Å². The van der Waals surface area contributed by atoms with Crippen LogP contribution in [0.2, 0.25) is 0 Å². The van der Waals surface area contributed by atoms with Crippen LogP contribution in [0, 0.1) is 5.41 Å². The number of nitrogens with zero attached hydrogens (tertiary/aromatic N) is 2. The van der Waals surface area contributed by atoms with E-state index in [2.05, 4.69) is 27.7 Å². The van der Waals surface area contributed by atoms with Crippen LogP contribution in [0.1, 0.15) is 66.2 Å². The maximum Gasteiger partial charge on any atom is 0.238 e. The highest BCUT2D eigenvalue weighted by Gasteiger charge is 2.58.